The molecule has 0 fully saturated rings. The number of carbonyl (C=O) groups excluding carboxylic acids is 1. The zero-order valence-corrected chi connectivity index (χ0v) is 11.5. The van der Waals surface area contributed by atoms with Crippen LogP contribution >= 0.6 is 15.9 Å². The van der Waals surface area contributed by atoms with Gasteiger partial charge in [0.05, 0.1) is 15.9 Å². The number of nitrogens with zero attached hydrogens (tertiary/aromatic N) is 2. The molecular weight excluding hydrogens is 304 g/mol. The molecule has 8 heteroatoms. The van der Waals surface area contributed by atoms with Crippen LogP contribution in [0.25, 0.3) is 0 Å². The van der Waals surface area contributed by atoms with Gasteiger partial charge in [-0.2, -0.15) is 0 Å². The van der Waals surface area contributed by atoms with Gasteiger partial charge in [0.25, 0.3) is 0 Å². The molecule has 98 valence electrons. The molecule has 1 aromatic heterocycles. The second-order valence-corrected chi connectivity index (χ2v) is 4.70. The fourth-order valence-corrected chi connectivity index (χ4v) is 1.74. The van der Waals surface area contributed by atoms with Gasteiger partial charge in [0.2, 0.25) is 5.91 Å². The van der Waals surface area contributed by atoms with Crippen LogP contribution in [0.4, 0.5) is 11.4 Å². The predicted molar refractivity (Wildman–Crippen MR) is 70.4 cm³/mol. The van der Waals surface area contributed by atoms with Gasteiger partial charge in [0.15, 0.2) is 0 Å². The highest BCUT2D eigenvalue weighted by Gasteiger charge is 2.17. The highest BCUT2D eigenvalue weighted by Crippen LogP contribution is 2.30. The summed E-state index contributed by atoms with van der Waals surface area (Å²) >= 11 is 3.16. The van der Waals surface area contributed by atoms with Crippen LogP contribution in [0, 0.1) is 10.1 Å². The third kappa shape index (κ3) is 3.95. The van der Waals surface area contributed by atoms with Crippen molar-refractivity contribution in [1.82, 2.24) is 10.3 Å². The summed E-state index contributed by atoms with van der Waals surface area (Å²) in [6.45, 7) is 3.63. The summed E-state index contributed by atoms with van der Waals surface area (Å²) < 4.78 is 0.439. The first-order valence-corrected chi connectivity index (χ1v) is 6.02. The van der Waals surface area contributed by atoms with Crippen LogP contribution < -0.4 is 10.6 Å². The fraction of sp³-hybridized carbons (Fsp3) is 0.400. The lowest BCUT2D eigenvalue weighted by atomic mass is 10.3. The van der Waals surface area contributed by atoms with E-state index in [-0.39, 0.29) is 29.9 Å². The minimum absolute atomic E-state index is 0.0233. The summed E-state index contributed by atoms with van der Waals surface area (Å²) in [7, 11) is 0. The molecule has 18 heavy (non-hydrogen) atoms. The Hall–Kier alpha value is -1.70. The molecule has 7 nitrogen and oxygen atoms in total. The second-order valence-electron chi connectivity index (χ2n) is 3.85. The zero-order valence-electron chi connectivity index (χ0n) is 9.94. The number of carbonyl (C=O) groups is 1. The Bertz CT molecular complexity index is 464. The van der Waals surface area contributed by atoms with E-state index in [2.05, 4.69) is 31.5 Å². The second kappa shape index (κ2) is 6.29. The van der Waals surface area contributed by atoms with Crippen molar-refractivity contribution in [2.75, 3.05) is 11.9 Å². The molecule has 0 atom stereocenters. The van der Waals surface area contributed by atoms with Crippen LogP contribution in [-0.4, -0.2) is 28.4 Å². The average Bonchev–Trinajstić information content (AvgIpc) is 2.25. The lowest BCUT2D eigenvalue weighted by Crippen LogP contribution is -2.35. The van der Waals surface area contributed by atoms with E-state index in [9.17, 15) is 14.9 Å². The van der Waals surface area contributed by atoms with E-state index < -0.39 is 4.92 Å². The standard InChI is InChI=1S/C10H13BrN4O3/c1-6(2)14-9(16)5-13-10-7(11)3-12-4-8(10)15(17)18/h3-4,6H,5H2,1-2H3,(H,12,13)(H,14,16). The van der Waals surface area contributed by atoms with Crippen molar-refractivity contribution in [2.45, 2.75) is 19.9 Å². The smallest absolute Gasteiger partial charge is 0.311 e. The maximum Gasteiger partial charge on any atom is 0.311 e. The molecule has 0 radical (unpaired) electrons. The van der Waals surface area contributed by atoms with Crippen LogP contribution in [-0.2, 0) is 4.79 Å². The van der Waals surface area contributed by atoms with Gasteiger partial charge >= 0.3 is 5.69 Å². The Morgan fingerprint density at radius 2 is 2.22 bits per heavy atom. The van der Waals surface area contributed by atoms with Crippen LogP contribution in [0.3, 0.4) is 0 Å². The maximum absolute atomic E-state index is 11.4. The quantitative estimate of drug-likeness (QED) is 0.636. The third-order valence-corrected chi connectivity index (χ3v) is 2.55. The number of anilines is 1. The number of halogens is 1. The SMILES string of the molecule is CC(C)NC(=O)CNc1c(Br)cncc1[N+](=O)[O-]. The van der Waals surface area contributed by atoms with Crippen molar-refractivity contribution >= 4 is 33.2 Å². The van der Waals surface area contributed by atoms with E-state index >= 15 is 0 Å². The van der Waals surface area contributed by atoms with Crippen LogP contribution in [0.15, 0.2) is 16.9 Å². The van der Waals surface area contributed by atoms with E-state index in [0.29, 0.717) is 4.47 Å². The minimum atomic E-state index is -0.555. The largest absolute Gasteiger partial charge is 0.370 e. The molecule has 1 amide bonds. The number of rotatable bonds is 5. The number of hydrogen-bond acceptors (Lipinski definition) is 5. The third-order valence-electron chi connectivity index (χ3n) is 1.95. The molecule has 1 aromatic rings. The summed E-state index contributed by atoms with van der Waals surface area (Å²) in [6.07, 6.45) is 2.56. The minimum Gasteiger partial charge on any atom is -0.370 e. The highest BCUT2D eigenvalue weighted by molar-refractivity contribution is 9.10. The number of pyridine rings is 1. The molecule has 0 aromatic carbocycles. The van der Waals surface area contributed by atoms with Crippen molar-refractivity contribution in [3.05, 3.63) is 27.0 Å². The summed E-state index contributed by atoms with van der Waals surface area (Å²) in [6, 6.07) is 0.0233. The Morgan fingerprint density at radius 3 is 2.78 bits per heavy atom. The molecule has 0 aliphatic heterocycles. The molecule has 0 spiro atoms. The molecule has 0 bridgehead atoms. The summed E-state index contributed by atoms with van der Waals surface area (Å²) in [5, 5.41) is 16.2. The molecule has 0 unspecified atom stereocenters. The number of hydrogen-bond donors (Lipinski definition) is 2. The van der Waals surface area contributed by atoms with Gasteiger partial charge in [-0.3, -0.25) is 19.9 Å². The summed E-state index contributed by atoms with van der Waals surface area (Å²) in [5.41, 5.74) is 0.0654. The van der Waals surface area contributed by atoms with Gasteiger partial charge < -0.3 is 10.6 Å². The van der Waals surface area contributed by atoms with Gasteiger partial charge in [0, 0.05) is 12.2 Å². The molecular formula is C10H13BrN4O3. The van der Waals surface area contributed by atoms with E-state index in [1.807, 2.05) is 13.8 Å². The van der Waals surface area contributed by atoms with Gasteiger partial charge in [-0.15, -0.1) is 0 Å². The van der Waals surface area contributed by atoms with Crippen molar-refractivity contribution < 1.29 is 9.72 Å². The van der Waals surface area contributed by atoms with E-state index in [0.717, 1.165) is 6.20 Å². The zero-order chi connectivity index (χ0) is 13.7. The van der Waals surface area contributed by atoms with E-state index in [1.165, 1.54) is 6.20 Å². The van der Waals surface area contributed by atoms with Gasteiger partial charge in [-0.1, -0.05) is 0 Å². The molecule has 1 rings (SSSR count). The Balaban J connectivity index is 2.78. The molecule has 1 heterocycles. The van der Waals surface area contributed by atoms with E-state index in [1.54, 1.807) is 0 Å². The Labute approximate surface area is 112 Å². The number of aromatic nitrogens is 1. The van der Waals surface area contributed by atoms with Gasteiger partial charge in [-0.25, -0.2) is 0 Å². The molecule has 0 saturated heterocycles. The number of nitrogens with one attached hydrogen (secondary N) is 2. The van der Waals surface area contributed by atoms with Crippen LogP contribution in [0.2, 0.25) is 0 Å². The van der Waals surface area contributed by atoms with Crippen LogP contribution in [0.1, 0.15) is 13.8 Å². The first-order valence-electron chi connectivity index (χ1n) is 5.23. The number of amides is 1. The Kier molecular flexibility index (Phi) is 5.02. The molecule has 0 aliphatic rings. The monoisotopic (exact) mass is 316 g/mol. The van der Waals surface area contributed by atoms with Crippen molar-refractivity contribution in [1.29, 1.82) is 0 Å². The summed E-state index contributed by atoms with van der Waals surface area (Å²) in [4.78, 5) is 25.4. The van der Waals surface area contributed by atoms with Gasteiger partial charge in [-0.05, 0) is 29.8 Å². The molecule has 0 aliphatic carbocycles. The van der Waals surface area contributed by atoms with Crippen LogP contribution in [0.5, 0.6) is 0 Å². The summed E-state index contributed by atoms with van der Waals surface area (Å²) in [5.74, 6) is -0.233. The lowest BCUT2D eigenvalue weighted by molar-refractivity contribution is -0.384. The van der Waals surface area contributed by atoms with Crippen molar-refractivity contribution in [3.8, 4) is 0 Å². The first kappa shape index (κ1) is 14.4. The van der Waals surface area contributed by atoms with E-state index in [4.69, 9.17) is 0 Å². The Morgan fingerprint density at radius 1 is 1.56 bits per heavy atom. The molecule has 2 N–H and O–H groups in total. The predicted octanol–water partition coefficient (Wildman–Crippen LogP) is 1.69. The fourth-order valence-electron chi connectivity index (χ4n) is 1.28. The van der Waals surface area contributed by atoms with Crippen molar-refractivity contribution in [3.63, 3.8) is 0 Å². The van der Waals surface area contributed by atoms with Crippen molar-refractivity contribution in [2.24, 2.45) is 0 Å². The maximum atomic E-state index is 11.4. The normalized spacial score (nSPS) is 10.2. The first-order chi connectivity index (χ1) is 8.41. The molecule has 0 saturated carbocycles. The average molecular weight is 317 g/mol. The lowest BCUT2D eigenvalue weighted by Gasteiger charge is -2.11. The number of nitro groups is 1. The topological polar surface area (TPSA) is 97.2 Å². The highest BCUT2D eigenvalue weighted by atomic mass is 79.9. The van der Waals surface area contributed by atoms with Gasteiger partial charge in [0.1, 0.15) is 11.9 Å².